The van der Waals surface area contributed by atoms with E-state index in [0.29, 0.717) is 10.2 Å². The number of rotatable bonds is 2. The minimum Gasteiger partial charge on any atom is -0.507 e. The van der Waals surface area contributed by atoms with Gasteiger partial charge in [-0.15, -0.1) is 0 Å². The van der Waals surface area contributed by atoms with Gasteiger partial charge < -0.3 is 10.4 Å². The maximum atomic E-state index is 12.1. The number of amides is 1. The Morgan fingerprint density at radius 3 is 2.43 bits per heavy atom. The van der Waals surface area contributed by atoms with Crippen LogP contribution in [0.15, 0.2) is 40.9 Å². The van der Waals surface area contributed by atoms with E-state index in [1.165, 1.54) is 30.3 Å². The van der Waals surface area contributed by atoms with Crippen molar-refractivity contribution in [1.82, 2.24) is 0 Å². The van der Waals surface area contributed by atoms with E-state index in [9.17, 15) is 9.90 Å². The molecule has 1 amide bonds. The number of carbonyl (C=O) groups is 1. The molecule has 0 heterocycles. The van der Waals surface area contributed by atoms with Crippen LogP contribution in [0.3, 0.4) is 0 Å². The summed E-state index contributed by atoms with van der Waals surface area (Å²) in [7, 11) is 0. The van der Waals surface area contributed by atoms with Crippen LogP contribution < -0.4 is 5.32 Å². The van der Waals surface area contributed by atoms with Gasteiger partial charge in [-0.2, -0.15) is 10.5 Å². The molecule has 5 nitrogen and oxygen atoms in total. The van der Waals surface area contributed by atoms with Crippen molar-refractivity contribution in [1.29, 1.82) is 10.5 Å². The summed E-state index contributed by atoms with van der Waals surface area (Å²) in [6.45, 7) is 0. The first-order valence-corrected chi connectivity index (χ1v) is 6.58. The van der Waals surface area contributed by atoms with Gasteiger partial charge in [0.1, 0.15) is 17.9 Å². The fourth-order valence-corrected chi connectivity index (χ4v) is 2.06. The molecule has 0 saturated carbocycles. The molecule has 0 saturated heterocycles. The molecule has 0 unspecified atom stereocenters. The summed E-state index contributed by atoms with van der Waals surface area (Å²) in [6, 6.07) is 12.7. The second-order valence-corrected chi connectivity index (χ2v) is 5.02. The number of hydrogen-bond donors (Lipinski definition) is 2. The van der Waals surface area contributed by atoms with Gasteiger partial charge in [0.25, 0.3) is 5.91 Å². The molecule has 0 aliphatic heterocycles. The molecule has 21 heavy (non-hydrogen) atoms. The first-order chi connectivity index (χ1) is 10.0. The molecule has 0 spiro atoms. The quantitative estimate of drug-likeness (QED) is 0.876. The number of anilines is 1. The van der Waals surface area contributed by atoms with Crippen molar-refractivity contribution in [2.24, 2.45) is 0 Å². The van der Waals surface area contributed by atoms with Gasteiger partial charge in [-0.25, -0.2) is 0 Å². The fraction of sp³-hybridized carbons (Fsp3) is 0. The van der Waals surface area contributed by atoms with Crippen molar-refractivity contribution in [2.75, 3.05) is 5.32 Å². The average molecular weight is 342 g/mol. The number of nitrogens with zero attached hydrogens (tertiary/aromatic N) is 2. The van der Waals surface area contributed by atoms with E-state index in [1.54, 1.807) is 6.07 Å². The molecule has 0 aromatic heterocycles. The molecule has 2 rings (SSSR count). The maximum absolute atomic E-state index is 12.1. The van der Waals surface area contributed by atoms with E-state index < -0.39 is 5.91 Å². The lowest BCUT2D eigenvalue weighted by Crippen LogP contribution is -2.12. The fourth-order valence-electron chi connectivity index (χ4n) is 1.71. The first kappa shape index (κ1) is 14.6. The highest BCUT2D eigenvalue weighted by molar-refractivity contribution is 9.10. The average Bonchev–Trinajstić information content (AvgIpc) is 2.46. The highest BCUT2D eigenvalue weighted by Crippen LogP contribution is 2.23. The summed E-state index contributed by atoms with van der Waals surface area (Å²) in [5, 5.41) is 30.1. The third-order valence-corrected chi connectivity index (χ3v) is 3.22. The number of carbonyl (C=O) groups excluding carboxylic acids is 1. The van der Waals surface area contributed by atoms with E-state index >= 15 is 0 Å². The zero-order chi connectivity index (χ0) is 15.4. The van der Waals surface area contributed by atoms with E-state index in [1.807, 2.05) is 12.1 Å². The third-order valence-electron chi connectivity index (χ3n) is 2.72. The Bertz CT molecular complexity index is 804. The third kappa shape index (κ3) is 3.19. The Kier molecular flexibility index (Phi) is 4.22. The maximum Gasteiger partial charge on any atom is 0.259 e. The zero-order valence-corrected chi connectivity index (χ0v) is 12.2. The molecule has 0 bridgehead atoms. The number of nitriles is 2. The molecular weight excluding hydrogens is 334 g/mol. The standard InChI is InChI=1S/C15H8BrN3O2/c16-11-2-4-13(14(20)6-11)15(21)19-12-3-1-9(7-17)10(5-12)8-18/h1-6,20H,(H,19,21). The molecule has 102 valence electrons. The molecule has 0 radical (unpaired) electrons. The monoisotopic (exact) mass is 341 g/mol. The van der Waals surface area contributed by atoms with E-state index in [2.05, 4.69) is 21.2 Å². The second-order valence-electron chi connectivity index (χ2n) is 4.10. The minimum atomic E-state index is -0.506. The smallest absolute Gasteiger partial charge is 0.259 e. The summed E-state index contributed by atoms with van der Waals surface area (Å²) < 4.78 is 0.654. The second kappa shape index (κ2) is 6.08. The molecular formula is C15H8BrN3O2. The molecule has 6 heteroatoms. The van der Waals surface area contributed by atoms with Crippen molar-refractivity contribution >= 4 is 27.5 Å². The number of aromatic hydroxyl groups is 1. The number of halogens is 1. The topological polar surface area (TPSA) is 96.9 Å². The summed E-state index contributed by atoms with van der Waals surface area (Å²) in [5.74, 6) is -0.662. The van der Waals surface area contributed by atoms with Gasteiger partial charge in [-0.05, 0) is 36.4 Å². The first-order valence-electron chi connectivity index (χ1n) is 5.79. The van der Waals surface area contributed by atoms with Gasteiger partial charge in [0, 0.05) is 10.2 Å². The van der Waals surface area contributed by atoms with Gasteiger partial charge in [0.2, 0.25) is 0 Å². The molecule has 2 N–H and O–H groups in total. The molecule has 2 aromatic rings. The molecule has 0 aliphatic carbocycles. The lowest BCUT2D eigenvalue weighted by atomic mass is 10.1. The zero-order valence-electron chi connectivity index (χ0n) is 10.6. The van der Waals surface area contributed by atoms with Gasteiger partial charge in [0.15, 0.2) is 0 Å². The Hall–Kier alpha value is -2.83. The van der Waals surface area contributed by atoms with Gasteiger partial charge in [-0.3, -0.25) is 4.79 Å². The molecule has 0 fully saturated rings. The van der Waals surface area contributed by atoms with Crippen LogP contribution >= 0.6 is 15.9 Å². The van der Waals surface area contributed by atoms with Crippen LogP contribution in [0.4, 0.5) is 5.69 Å². The summed E-state index contributed by atoms with van der Waals surface area (Å²) in [4.78, 5) is 12.1. The Labute approximate surface area is 129 Å². The number of phenolic OH excluding ortho intramolecular Hbond substituents is 1. The van der Waals surface area contributed by atoms with Crippen LogP contribution in [0.1, 0.15) is 21.5 Å². The van der Waals surface area contributed by atoms with Gasteiger partial charge in [-0.1, -0.05) is 15.9 Å². The van der Waals surface area contributed by atoms with Crippen molar-refractivity contribution < 1.29 is 9.90 Å². The van der Waals surface area contributed by atoms with Gasteiger partial charge >= 0.3 is 0 Å². The largest absolute Gasteiger partial charge is 0.507 e. The summed E-state index contributed by atoms with van der Waals surface area (Å²) in [6.07, 6.45) is 0. The van der Waals surface area contributed by atoms with Gasteiger partial charge in [0.05, 0.1) is 16.7 Å². The Balaban J connectivity index is 2.28. The normalized spacial score (nSPS) is 9.48. The van der Waals surface area contributed by atoms with Crippen LogP contribution in [0.2, 0.25) is 0 Å². The van der Waals surface area contributed by atoms with Crippen LogP contribution in [0, 0.1) is 22.7 Å². The Morgan fingerprint density at radius 2 is 1.81 bits per heavy atom. The highest BCUT2D eigenvalue weighted by atomic mass is 79.9. The summed E-state index contributed by atoms with van der Waals surface area (Å²) >= 11 is 3.19. The van der Waals surface area contributed by atoms with E-state index in [-0.39, 0.29) is 22.4 Å². The SMILES string of the molecule is N#Cc1ccc(NC(=O)c2ccc(Br)cc2O)cc1C#N. The minimum absolute atomic E-state index is 0.112. The Morgan fingerprint density at radius 1 is 1.10 bits per heavy atom. The van der Waals surface area contributed by atoms with Crippen LogP contribution in [-0.2, 0) is 0 Å². The molecule has 0 atom stereocenters. The molecule has 2 aromatic carbocycles. The van der Waals surface area contributed by atoms with E-state index in [4.69, 9.17) is 10.5 Å². The van der Waals surface area contributed by atoms with E-state index in [0.717, 1.165) is 0 Å². The van der Waals surface area contributed by atoms with Crippen molar-refractivity contribution in [3.63, 3.8) is 0 Å². The predicted octanol–water partition coefficient (Wildman–Crippen LogP) is 3.15. The lowest BCUT2D eigenvalue weighted by Gasteiger charge is -2.08. The van der Waals surface area contributed by atoms with Crippen molar-refractivity contribution in [2.45, 2.75) is 0 Å². The number of phenols is 1. The van der Waals surface area contributed by atoms with Crippen LogP contribution in [-0.4, -0.2) is 11.0 Å². The van der Waals surface area contributed by atoms with Crippen LogP contribution in [0.5, 0.6) is 5.75 Å². The summed E-state index contributed by atoms with van der Waals surface area (Å²) in [5.41, 5.74) is 0.899. The lowest BCUT2D eigenvalue weighted by molar-refractivity contribution is 0.102. The number of nitrogens with one attached hydrogen (secondary N) is 1. The highest BCUT2D eigenvalue weighted by Gasteiger charge is 2.12. The van der Waals surface area contributed by atoms with Crippen molar-refractivity contribution in [3.8, 4) is 17.9 Å². The number of hydrogen-bond acceptors (Lipinski definition) is 4. The van der Waals surface area contributed by atoms with Crippen molar-refractivity contribution in [3.05, 3.63) is 57.6 Å². The molecule has 0 aliphatic rings. The predicted molar refractivity (Wildman–Crippen MR) is 79.6 cm³/mol. The van der Waals surface area contributed by atoms with Crippen LogP contribution in [0.25, 0.3) is 0 Å². The number of benzene rings is 2.